The number of aromatic nitrogens is 1. The number of nitro groups is 1. The van der Waals surface area contributed by atoms with E-state index in [0.29, 0.717) is 12.3 Å². The first-order chi connectivity index (χ1) is 7.22. The number of fused-ring (bicyclic) bond motifs is 1. The number of aryl methyl sites for hydroxylation is 1. The number of nitrogens with zero attached hydrogens (tertiary/aromatic N) is 1. The number of non-ortho nitro benzene ring substituents is 1. The minimum Gasteiger partial charge on any atom is -0.361 e. The molecule has 0 aliphatic carbocycles. The maximum atomic E-state index is 10.6. The number of rotatable bonds is 3. The van der Waals surface area contributed by atoms with Gasteiger partial charge in [0.05, 0.1) is 4.92 Å². The van der Waals surface area contributed by atoms with Gasteiger partial charge in [-0.15, -0.1) is 11.6 Å². The molecule has 1 aromatic heterocycles. The Morgan fingerprint density at radius 2 is 2.27 bits per heavy atom. The van der Waals surface area contributed by atoms with Crippen LogP contribution in [-0.2, 0) is 6.42 Å². The highest BCUT2D eigenvalue weighted by atomic mass is 35.5. The van der Waals surface area contributed by atoms with Crippen molar-refractivity contribution in [3.8, 4) is 0 Å². The lowest BCUT2D eigenvalue weighted by Crippen LogP contribution is -1.88. The summed E-state index contributed by atoms with van der Waals surface area (Å²) in [5.41, 5.74) is 2.03. The third-order valence-corrected chi connectivity index (χ3v) is 2.51. The van der Waals surface area contributed by atoms with Gasteiger partial charge >= 0.3 is 0 Å². The van der Waals surface area contributed by atoms with Gasteiger partial charge in [0, 0.05) is 35.1 Å². The molecule has 1 N–H and O–H groups in total. The van der Waals surface area contributed by atoms with E-state index in [-0.39, 0.29) is 5.69 Å². The van der Waals surface area contributed by atoms with Gasteiger partial charge in [0.1, 0.15) is 0 Å². The lowest BCUT2D eigenvalue weighted by molar-refractivity contribution is -0.384. The predicted octanol–water partition coefficient (Wildman–Crippen LogP) is 2.86. The molecule has 0 saturated heterocycles. The normalized spacial score (nSPS) is 10.7. The molecule has 0 bridgehead atoms. The predicted molar refractivity (Wildman–Crippen MR) is 59.4 cm³/mol. The number of aromatic amines is 1. The molecule has 0 spiro atoms. The van der Waals surface area contributed by atoms with Crippen LogP contribution in [0.25, 0.3) is 10.9 Å². The molecule has 2 rings (SSSR count). The molecule has 15 heavy (non-hydrogen) atoms. The molecule has 78 valence electrons. The van der Waals surface area contributed by atoms with Crippen molar-refractivity contribution in [2.45, 2.75) is 6.42 Å². The van der Waals surface area contributed by atoms with Gasteiger partial charge in [-0.25, -0.2) is 0 Å². The highest BCUT2D eigenvalue weighted by Gasteiger charge is 2.09. The summed E-state index contributed by atoms with van der Waals surface area (Å²) in [5, 5.41) is 11.5. The molecular formula is C10H9ClN2O2. The summed E-state index contributed by atoms with van der Waals surface area (Å²) in [7, 11) is 0. The lowest BCUT2D eigenvalue weighted by atomic mass is 10.1. The van der Waals surface area contributed by atoms with E-state index in [0.717, 1.165) is 16.5 Å². The Morgan fingerprint density at radius 3 is 2.93 bits per heavy atom. The van der Waals surface area contributed by atoms with Crippen molar-refractivity contribution < 1.29 is 4.92 Å². The third kappa shape index (κ3) is 1.80. The van der Waals surface area contributed by atoms with Crippen molar-refractivity contribution in [3.05, 3.63) is 40.1 Å². The smallest absolute Gasteiger partial charge is 0.270 e. The fraction of sp³-hybridized carbons (Fsp3) is 0.200. The standard InChI is InChI=1S/C10H9ClN2O2/c11-4-3-7-6-12-10-2-1-8(13(14)15)5-9(7)10/h1-2,5-6,12H,3-4H2. The van der Waals surface area contributed by atoms with E-state index in [4.69, 9.17) is 11.6 Å². The van der Waals surface area contributed by atoms with Gasteiger partial charge < -0.3 is 4.98 Å². The summed E-state index contributed by atoms with van der Waals surface area (Å²) in [6, 6.07) is 4.78. The Balaban J connectivity index is 2.56. The molecule has 0 saturated carbocycles. The highest BCUT2D eigenvalue weighted by Crippen LogP contribution is 2.23. The van der Waals surface area contributed by atoms with Crippen LogP contribution in [0.1, 0.15) is 5.56 Å². The highest BCUT2D eigenvalue weighted by molar-refractivity contribution is 6.18. The minimum absolute atomic E-state index is 0.109. The molecule has 4 nitrogen and oxygen atoms in total. The molecule has 0 fully saturated rings. The number of halogens is 1. The van der Waals surface area contributed by atoms with E-state index < -0.39 is 4.92 Å². The number of alkyl halides is 1. The van der Waals surface area contributed by atoms with E-state index in [1.807, 2.05) is 6.20 Å². The van der Waals surface area contributed by atoms with Crippen molar-refractivity contribution in [1.82, 2.24) is 4.98 Å². The fourth-order valence-electron chi connectivity index (χ4n) is 1.59. The van der Waals surface area contributed by atoms with E-state index in [1.54, 1.807) is 12.1 Å². The monoisotopic (exact) mass is 224 g/mol. The molecule has 0 unspecified atom stereocenters. The Morgan fingerprint density at radius 1 is 1.47 bits per heavy atom. The lowest BCUT2D eigenvalue weighted by Gasteiger charge is -1.95. The summed E-state index contributed by atoms with van der Waals surface area (Å²) in [4.78, 5) is 13.3. The fourth-order valence-corrected chi connectivity index (χ4v) is 1.79. The summed E-state index contributed by atoms with van der Waals surface area (Å²) in [5.74, 6) is 0.510. The number of hydrogen-bond donors (Lipinski definition) is 1. The van der Waals surface area contributed by atoms with Gasteiger partial charge in [0.2, 0.25) is 0 Å². The molecule has 1 aromatic carbocycles. The van der Waals surface area contributed by atoms with Crippen molar-refractivity contribution in [1.29, 1.82) is 0 Å². The molecule has 2 aromatic rings. The van der Waals surface area contributed by atoms with E-state index in [9.17, 15) is 10.1 Å². The molecule has 0 aliphatic heterocycles. The van der Waals surface area contributed by atoms with Crippen LogP contribution in [0.3, 0.4) is 0 Å². The average molecular weight is 225 g/mol. The Bertz CT molecular complexity index is 507. The first kappa shape index (κ1) is 9.98. The van der Waals surface area contributed by atoms with Crippen molar-refractivity contribution in [2.24, 2.45) is 0 Å². The summed E-state index contributed by atoms with van der Waals surface area (Å²) >= 11 is 5.65. The van der Waals surface area contributed by atoms with Crippen LogP contribution in [-0.4, -0.2) is 15.8 Å². The number of nitrogens with one attached hydrogen (secondary N) is 1. The molecule has 0 atom stereocenters. The van der Waals surface area contributed by atoms with E-state index in [1.165, 1.54) is 6.07 Å². The molecule has 5 heteroatoms. The first-order valence-corrected chi connectivity index (χ1v) is 5.06. The van der Waals surface area contributed by atoms with Crippen LogP contribution >= 0.6 is 11.6 Å². The molecule has 0 radical (unpaired) electrons. The number of nitro benzene ring substituents is 1. The van der Waals surface area contributed by atoms with Gasteiger partial charge in [-0.05, 0) is 18.1 Å². The number of hydrogen-bond acceptors (Lipinski definition) is 2. The largest absolute Gasteiger partial charge is 0.361 e. The van der Waals surface area contributed by atoms with Crippen LogP contribution in [0.15, 0.2) is 24.4 Å². The second-order valence-corrected chi connectivity index (χ2v) is 3.62. The second kappa shape index (κ2) is 3.90. The van der Waals surface area contributed by atoms with E-state index in [2.05, 4.69) is 4.98 Å². The quantitative estimate of drug-likeness (QED) is 0.495. The summed E-state index contributed by atoms with van der Waals surface area (Å²) in [6.07, 6.45) is 2.56. The third-order valence-electron chi connectivity index (χ3n) is 2.33. The van der Waals surface area contributed by atoms with Crippen LogP contribution in [0, 0.1) is 10.1 Å². The van der Waals surface area contributed by atoms with E-state index >= 15 is 0 Å². The SMILES string of the molecule is O=[N+]([O-])c1ccc2[nH]cc(CCCl)c2c1. The maximum Gasteiger partial charge on any atom is 0.270 e. The van der Waals surface area contributed by atoms with Crippen LogP contribution < -0.4 is 0 Å². The Hall–Kier alpha value is -1.55. The Kier molecular flexibility index (Phi) is 2.60. The average Bonchev–Trinajstić information content (AvgIpc) is 2.61. The molecule has 1 heterocycles. The zero-order valence-corrected chi connectivity index (χ0v) is 8.62. The minimum atomic E-state index is -0.392. The zero-order valence-electron chi connectivity index (χ0n) is 7.87. The summed E-state index contributed by atoms with van der Waals surface area (Å²) in [6.45, 7) is 0. The van der Waals surface area contributed by atoms with Crippen molar-refractivity contribution >= 4 is 28.2 Å². The van der Waals surface area contributed by atoms with Gasteiger partial charge in [-0.2, -0.15) is 0 Å². The molecule has 0 aliphatic rings. The topological polar surface area (TPSA) is 58.9 Å². The maximum absolute atomic E-state index is 10.6. The van der Waals surface area contributed by atoms with Crippen molar-refractivity contribution in [3.63, 3.8) is 0 Å². The van der Waals surface area contributed by atoms with Crippen LogP contribution in [0.2, 0.25) is 0 Å². The molecular weight excluding hydrogens is 216 g/mol. The van der Waals surface area contributed by atoms with Crippen LogP contribution in [0.4, 0.5) is 5.69 Å². The summed E-state index contributed by atoms with van der Waals surface area (Å²) < 4.78 is 0. The Labute approximate surface area is 91.0 Å². The van der Waals surface area contributed by atoms with Gasteiger partial charge in [-0.3, -0.25) is 10.1 Å². The van der Waals surface area contributed by atoms with Gasteiger partial charge in [0.15, 0.2) is 0 Å². The number of H-pyrrole nitrogens is 1. The van der Waals surface area contributed by atoms with Crippen LogP contribution in [0.5, 0.6) is 0 Å². The van der Waals surface area contributed by atoms with Gasteiger partial charge in [-0.1, -0.05) is 0 Å². The zero-order chi connectivity index (χ0) is 10.8. The molecule has 0 amide bonds. The second-order valence-electron chi connectivity index (χ2n) is 3.24. The van der Waals surface area contributed by atoms with Gasteiger partial charge in [0.25, 0.3) is 5.69 Å². The number of benzene rings is 1. The van der Waals surface area contributed by atoms with Crippen molar-refractivity contribution in [2.75, 3.05) is 5.88 Å². The first-order valence-electron chi connectivity index (χ1n) is 4.52.